The second-order valence-corrected chi connectivity index (χ2v) is 7.06. The highest BCUT2D eigenvalue weighted by molar-refractivity contribution is 6.46. The number of carbonyl (C=O) groups is 2. The third-order valence-corrected chi connectivity index (χ3v) is 5.09. The molecule has 1 saturated heterocycles. The number of rotatable bonds is 7. The van der Waals surface area contributed by atoms with Crippen LogP contribution in [0.15, 0.2) is 54.1 Å². The van der Waals surface area contributed by atoms with Crippen molar-refractivity contribution < 1.29 is 24.2 Å². The van der Waals surface area contributed by atoms with E-state index in [1.165, 1.54) is 4.90 Å². The Bertz CT molecular complexity index is 921. The van der Waals surface area contributed by atoms with E-state index < -0.39 is 17.7 Å². The van der Waals surface area contributed by atoms with Crippen LogP contribution in [0.4, 0.5) is 0 Å². The first-order chi connectivity index (χ1) is 14.0. The zero-order valence-electron chi connectivity index (χ0n) is 16.2. The van der Waals surface area contributed by atoms with E-state index in [0.717, 1.165) is 0 Å². The van der Waals surface area contributed by atoms with Gasteiger partial charge in [0.05, 0.1) is 18.7 Å². The summed E-state index contributed by atoms with van der Waals surface area (Å²) in [4.78, 5) is 27.1. The molecule has 0 bridgehead atoms. The van der Waals surface area contributed by atoms with E-state index in [0.29, 0.717) is 41.5 Å². The van der Waals surface area contributed by atoms with Gasteiger partial charge in [0.1, 0.15) is 11.5 Å². The second kappa shape index (κ2) is 9.11. The van der Waals surface area contributed by atoms with Gasteiger partial charge in [-0.05, 0) is 48.4 Å². The first kappa shape index (κ1) is 20.9. The molecule has 3 rings (SSSR count). The zero-order valence-corrected chi connectivity index (χ0v) is 17.0. The number of carbonyl (C=O) groups excluding carboxylic acids is 2. The van der Waals surface area contributed by atoms with Crippen molar-refractivity contribution in [3.63, 3.8) is 0 Å². The van der Waals surface area contributed by atoms with Gasteiger partial charge < -0.3 is 19.5 Å². The Balaban J connectivity index is 2.09. The van der Waals surface area contributed by atoms with Crippen molar-refractivity contribution in [2.75, 3.05) is 27.4 Å². The molecule has 7 heteroatoms. The molecular weight excluding hydrogens is 394 g/mol. The van der Waals surface area contributed by atoms with Gasteiger partial charge in [-0.2, -0.15) is 0 Å². The maximum atomic E-state index is 12.8. The Morgan fingerprint density at radius 3 is 2.31 bits per heavy atom. The molecule has 1 unspecified atom stereocenters. The van der Waals surface area contributed by atoms with Crippen LogP contribution in [0.25, 0.3) is 5.76 Å². The largest absolute Gasteiger partial charge is 0.507 e. The summed E-state index contributed by atoms with van der Waals surface area (Å²) in [5.74, 6) is -0.925. The van der Waals surface area contributed by atoms with Gasteiger partial charge in [0.2, 0.25) is 0 Å². The summed E-state index contributed by atoms with van der Waals surface area (Å²) in [5, 5.41) is 11.4. The molecule has 1 amide bonds. The van der Waals surface area contributed by atoms with E-state index in [1.54, 1.807) is 62.8 Å². The number of amides is 1. The van der Waals surface area contributed by atoms with E-state index in [1.807, 2.05) is 0 Å². The number of Topliss-reactive ketones (excluding diaryl/α,β-unsaturated/α-hetero) is 1. The number of halogens is 1. The molecule has 1 atom stereocenters. The fraction of sp³-hybridized carbons (Fsp3) is 0.273. The van der Waals surface area contributed by atoms with Gasteiger partial charge in [0.25, 0.3) is 11.7 Å². The van der Waals surface area contributed by atoms with Crippen molar-refractivity contribution >= 4 is 29.1 Å². The first-order valence-electron chi connectivity index (χ1n) is 9.15. The van der Waals surface area contributed by atoms with E-state index in [4.69, 9.17) is 21.1 Å². The molecule has 0 radical (unpaired) electrons. The maximum absolute atomic E-state index is 12.8. The monoisotopic (exact) mass is 415 g/mol. The lowest BCUT2D eigenvalue weighted by Gasteiger charge is -2.25. The van der Waals surface area contributed by atoms with Crippen LogP contribution in [0.3, 0.4) is 0 Å². The highest BCUT2D eigenvalue weighted by Gasteiger charge is 2.45. The van der Waals surface area contributed by atoms with E-state index >= 15 is 0 Å². The molecule has 0 aliphatic carbocycles. The second-order valence-electron chi connectivity index (χ2n) is 6.62. The summed E-state index contributed by atoms with van der Waals surface area (Å²) in [6.45, 7) is 0.780. The van der Waals surface area contributed by atoms with Crippen LogP contribution in [0.2, 0.25) is 5.02 Å². The minimum Gasteiger partial charge on any atom is -0.507 e. The van der Waals surface area contributed by atoms with Gasteiger partial charge >= 0.3 is 0 Å². The molecule has 1 heterocycles. The third kappa shape index (κ3) is 4.28. The van der Waals surface area contributed by atoms with Gasteiger partial charge in [-0.3, -0.25) is 9.59 Å². The average molecular weight is 416 g/mol. The molecule has 29 heavy (non-hydrogen) atoms. The van der Waals surface area contributed by atoms with Crippen molar-refractivity contribution in [1.82, 2.24) is 4.90 Å². The van der Waals surface area contributed by atoms with Crippen molar-refractivity contribution in [3.8, 4) is 5.75 Å². The van der Waals surface area contributed by atoms with Gasteiger partial charge in [0, 0.05) is 30.8 Å². The normalized spacial score (nSPS) is 18.3. The summed E-state index contributed by atoms with van der Waals surface area (Å²) in [6, 6.07) is 12.8. The number of hydrogen-bond acceptors (Lipinski definition) is 5. The van der Waals surface area contributed by atoms with Gasteiger partial charge in [0.15, 0.2) is 0 Å². The minimum atomic E-state index is -0.712. The maximum Gasteiger partial charge on any atom is 0.295 e. The van der Waals surface area contributed by atoms with E-state index in [2.05, 4.69) is 0 Å². The molecule has 0 spiro atoms. The average Bonchev–Trinajstić information content (AvgIpc) is 2.99. The number of ether oxygens (including phenoxy) is 2. The molecule has 1 fully saturated rings. The van der Waals surface area contributed by atoms with Crippen LogP contribution in [0.5, 0.6) is 5.75 Å². The Labute approximate surface area is 174 Å². The lowest BCUT2D eigenvalue weighted by atomic mass is 9.95. The number of likely N-dealkylation sites (tertiary alicyclic amines) is 1. The fourth-order valence-electron chi connectivity index (χ4n) is 3.39. The quantitative estimate of drug-likeness (QED) is 0.322. The number of nitrogens with zero attached hydrogens (tertiary/aromatic N) is 1. The number of aliphatic hydroxyl groups excluding tert-OH is 1. The standard InChI is InChI=1S/C22H22ClNO5/c1-28-13-3-12-24-19(14-6-10-17(29-2)11-7-14)18(21(26)22(24)27)20(25)15-4-8-16(23)9-5-15/h4-11,19,25H,3,12-13H2,1-2H3/b20-18-. The lowest BCUT2D eigenvalue weighted by Crippen LogP contribution is -2.31. The van der Waals surface area contributed by atoms with Gasteiger partial charge in [-0.25, -0.2) is 0 Å². The summed E-state index contributed by atoms with van der Waals surface area (Å²) in [6.07, 6.45) is 0.567. The van der Waals surface area contributed by atoms with Crippen LogP contribution in [-0.4, -0.2) is 49.1 Å². The third-order valence-electron chi connectivity index (χ3n) is 4.84. The number of aliphatic hydroxyl groups is 1. The SMILES string of the molecule is COCCCN1C(=O)C(=O)/C(=C(\O)c2ccc(Cl)cc2)C1c1ccc(OC)cc1. The lowest BCUT2D eigenvalue weighted by molar-refractivity contribution is -0.140. The highest BCUT2D eigenvalue weighted by Crippen LogP contribution is 2.39. The molecule has 1 aliphatic heterocycles. The summed E-state index contributed by atoms with van der Waals surface area (Å²) >= 11 is 5.92. The number of benzene rings is 2. The van der Waals surface area contributed by atoms with Gasteiger partial charge in [-0.15, -0.1) is 0 Å². The fourth-order valence-corrected chi connectivity index (χ4v) is 3.51. The Kier molecular flexibility index (Phi) is 6.56. The summed E-state index contributed by atoms with van der Waals surface area (Å²) < 4.78 is 10.3. The number of hydrogen-bond donors (Lipinski definition) is 1. The molecule has 152 valence electrons. The highest BCUT2D eigenvalue weighted by atomic mass is 35.5. The molecule has 2 aromatic carbocycles. The van der Waals surface area contributed by atoms with Crippen molar-refractivity contribution in [3.05, 3.63) is 70.3 Å². The molecular formula is C22H22ClNO5. The predicted molar refractivity (Wildman–Crippen MR) is 110 cm³/mol. The van der Waals surface area contributed by atoms with Gasteiger partial charge in [-0.1, -0.05) is 23.7 Å². The van der Waals surface area contributed by atoms with Crippen LogP contribution >= 0.6 is 11.6 Å². The predicted octanol–water partition coefficient (Wildman–Crippen LogP) is 3.81. The molecule has 1 aliphatic rings. The molecule has 1 N–H and O–H groups in total. The first-order valence-corrected chi connectivity index (χ1v) is 9.53. The Morgan fingerprint density at radius 1 is 1.07 bits per heavy atom. The Morgan fingerprint density at radius 2 is 1.72 bits per heavy atom. The van der Waals surface area contributed by atoms with Crippen molar-refractivity contribution in [1.29, 1.82) is 0 Å². The van der Waals surface area contributed by atoms with Crippen LogP contribution in [0.1, 0.15) is 23.6 Å². The zero-order chi connectivity index (χ0) is 21.0. The summed E-state index contributed by atoms with van der Waals surface area (Å²) in [5.41, 5.74) is 1.18. The Hall–Kier alpha value is -2.83. The van der Waals surface area contributed by atoms with Crippen LogP contribution in [-0.2, 0) is 14.3 Å². The van der Waals surface area contributed by atoms with E-state index in [-0.39, 0.29) is 11.3 Å². The van der Waals surface area contributed by atoms with Crippen molar-refractivity contribution in [2.45, 2.75) is 12.5 Å². The topological polar surface area (TPSA) is 76.1 Å². The molecule has 0 saturated carbocycles. The van der Waals surface area contributed by atoms with E-state index in [9.17, 15) is 14.7 Å². The van der Waals surface area contributed by atoms with Crippen molar-refractivity contribution in [2.24, 2.45) is 0 Å². The molecule has 2 aromatic rings. The van der Waals surface area contributed by atoms with Crippen LogP contribution in [0, 0.1) is 0 Å². The minimum absolute atomic E-state index is 0.0555. The smallest absolute Gasteiger partial charge is 0.295 e. The summed E-state index contributed by atoms with van der Waals surface area (Å²) in [7, 11) is 3.14. The number of ketones is 1. The molecule has 0 aromatic heterocycles. The molecule has 6 nitrogen and oxygen atoms in total. The number of methoxy groups -OCH3 is 2. The van der Waals surface area contributed by atoms with Crippen LogP contribution < -0.4 is 4.74 Å².